The zero-order chi connectivity index (χ0) is 19.8. The van der Waals surface area contributed by atoms with Gasteiger partial charge in [0.2, 0.25) is 5.91 Å². The first-order chi connectivity index (χ1) is 14.2. The van der Waals surface area contributed by atoms with Gasteiger partial charge in [-0.2, -0.15) is 0 Å². The highest BCUT2D eigenvalue weighted by Crippen LogP contribution is 2.19. The summed E-state index contributed by atoms with van der Waals surface area (Å²) in [6, 6.07) is 17.6. The average molecular weight is 387 g/mol. The summed E-state index contributed by atoms with van der Waals surface area (Å²) in [5.41, 5.74) is 2.07. The van der Waals surface area contributed by atoms with Crippen molar-refractivity contribution in [1.29, 1.82) is 0 Å². The van der Waals surface area contributed by atoms with Crippen molar-refractivity contribution in [3.05, 3.63) is 76.5 Å². The second-order valence-corrected chi connectivity index (χ2v) is 7.39. The SMILES string of the molecule is O=C(Cn1nc2c3ccccc3nc(Cc3ccccc3)n2c1=O)N1CCCC1. The number of amides is 1. The van der Waals surface area contributed by atoms with Crippen molar-refractivity contribution in [2.75, 3.05) is 13.1 Å². The largest absolute Gasteiger partial charge is 0.352 e. The van der Waals surface area contributed by atoms with Gasteiger partial charge in [-0.05, 0) is 30.5 Å². The Labute approximate surface area is 167 Å². The van der Waals surface area contributed by atoms with E-state index in [9.17, 15) is 9.59 Å². The number of para-hydroxylation sites is 1. The summed E-state index contributed by atoms with van der Waals surface area (Å²) in [6.07, 6.45) is 2.54. The van der Waals surface area contributed by atoms with E-state index in [1.807, 2.05) is 54.6 Å². The molecule has 0 aliphatic carbocycles. The van der Waals surface area contributed by atoms with Crippen LogP contribution in [0.3, 0.4) is 0 Å². The van der Waals surface area contributed by atoms with Crippen molar-refractivity contribution < 1.29 is 4.79 Å². The molecule has 1 aliphatic heterocycles. The fraction of sp³-hybridized carbons (Fsp3) is 0.273. The Morgan fingerprint density at radius 2 is 1.69 bits per heavy atom. The monoisotopic (exact) mass is 387 g/mol. The van der Waals surface area contributed by atoms with E-state index < -0.39 is 0 Å². The predicted molar refractivity (Wildman–Crippen MR) is 110 cm³/mol. The Bertz CT molecular complexity index is 1250. The molecule has 0 N–H and O–H groups in total. The standard InChI is InChI=1S/C22H21N5O2/c28-20(25-12-6-7-13-25)15-26-22(29)27-19(14-16-8-2-1-3-9-16)23-18-11-5-4-10-17(18)21(27)24-26/h1-5,8-11H,6-7,12-15H2. The van der Waals surface area contributed by atoms with E-state index >= 15 is 0 Å². The molecular weight excluding hydrogens is 366 g/mol. The molecule has 0 atom stereocenters. The van der Waals surface area contributed by atoms with E-state index in [1.165, 1.54) is 4.68 Å². The fourth-order valence-electron chi connectivity index (χ4n) is 3.96. The summed E-state index contributed by atoms with van der Waals surface area (Å²) >= 11 is 0. The van der Waals surface area contributed by atoms with Crippen LogP contribution < -0.4 is 5.69 Å². The van der Waals surface area contributed by atoms with Gasteiger partial charge in [-0.1, -0.05) is 42.5 Å². The molecule has 7 heteroatoms. The van der Waals surface area contributed by atoms with Gasteiger partial charge in [-0.15, -0.1) is 5.10 Å². The van der Waals surface area contributed by atoms with Crippen LogP contribution in [-0.2, 0) is 17.8 Å². The van der Waals surface area contributed by atoms with E-state index in [0.29, 0.717) is 17.9 Å². The first-order valence-corrected chi connectivity index (χ1v) is 9.89. The second kappa shape index (κ2) is 7.16. The molecule has 0 radical (unpaired) electrons. The maximum atomic E-state index is 13.2. The highest BCUT2D eigenvalue weighted by Gasteiger charge is 2.22. The summed E-state index contributed by atoms with van der Waals surface area (Å²) in [5.74, 6) is 0.560. The van der Waals surface area contributed by atoms with Gasteiger partial charge < -0.3 is 4.90 Å². The molecule has 5 rings (SSSR count). The number of carbonyl (C=O) groups excluding carboxylic acids is 1. The molecule has 29 heavy (non-hydrogen) atoms. The summed E-state index contributed by atoms with van der Waals surface area (Å²) in [4.78, 5) is 32.3. The number of rotatable bonds is 4. The van der Waals surface area contributed by atoms with Crippen LogP contribution in [0, 0.1) is 0 Å². The summed E-state index contributed by atoms with van der Waals surface area (Å²) in [5, 5.41) is 5.33. The number of nitrogens with zero attached hydrogens (tertiary/aromatic N) is 5. The minimum atomic E-state index is -0.322. The molecule has 0 unspecified atom stereocenters. The minimum Gasteiger partial charge on any atom is -0.341 e. The lowest BCUT2D eigenvalue weighted by molar-refractivity contribution is -0.131. The van der Waals surface area contributed by atoms with Crippen LogP contribution in [0.15, 0.2) is 59.4 Å². The molecule has 1 fully saturated rings. The molecule has 1 saturated heterocycles. The van der Waals surface area contributed by atoms with Crippen molar-refractivity contribution in [2.24, 2.45) is 0 Å². The Kier molecular flexibility index (Phi) is 4.35. The van der Waals surface area contributed by atoms with Crippen LogP contribution in [0.1, 0.15) is 24.2 Å². The van der Waals surface area contributed by atoms with E-state index in [1.54, 1.807) is 9.30 Å². The number of likely N-dealkylation sites (tertiary alicyclic amines) is 1. The lowest BCUT2D eigenvalue weighted by atomic mass is 10.1. The molecule has 1 aliphatic rings. The van der Waals surface area contributed by atoms with Crippen LogP contribution >= 0.6 is 0 Å². The van der Waals surface area contributed by atoms with E-state index in [2.05, 4.69) is 5.10 Å². The average Bonchev–Trinajstić information content (AvgIpc) is 3.38. The molecule has 146 valence electrons. The number of aromatic nitrogens is 4. The maximum Gasteiger partial charge on any atom is 0.352 e. The minimum absolute atomic E-state index is 0.0420. The third-order valence-electron chi connectivity index (χ3n) is 5.44. The Hall–Kier alpha value is -3.48. The lowest BCUT2D eigenvalue weighted by Crippen LogP contribution is -2.35. The van der Waals surface area contributed by atoms with Crippen LogP contribution in [0.4, 0.5) is 0 Å². The highest BCUT2D eigenvalue weighted by atomic mass is 16.2. The summed E-state index contributed by atoms with van der Waals surface area (Å²) in [6.45, 7) is 1.47. The molecule has 1 amide bonds. The molecule has 7 nitrogen and oxygen atoms in total. The van der Waals surface area contributed by atoms with Gasteiger partial charge in [-0.3, -0.25) is 4.79 Å². The zero-order valence-corrected chi connectivity index (χ0v) is 16.0. The topological polar surface area (TPSA) is 72.5 Å². The van der Waals surface area contributed by atoms with Gasteiger partial charge in [0, 0.05) is 24.9 Å². The van der Waals surface area contributed by atoms with E-state index in [-0.39, 0.29) is 18.1 Å². The molecule has 2 aromatic carbocycles. The quantitative estimate of drug-likeness (QED) is 0.538. The first kappa shape index (κ1) is 17.6. The number of benzene rings is 2. The smallest absolute Gasteiger partial charge is 0.341 e. The molecule has 2 aromatic heterocycles. The van der Waals surface area contributed by atoms with Crippen LogP contribution in [-0.4, -0.2) is 43.1 Å². The van der Waals surface area contributed by atoms with Crippen molar-refractivity contribution in [3.8, 4) is 0 Å². The number of hydrogen-bond acceptors (Lipinski definition) is 4. The van der Waals surface area contributed by atoms with Gasteiger partial charge in [0.1, 0.15) is 12.4 Å². The van der Waals surface area contributed by atoms with E-state index in [0.717, 1.165) is 42.4 Å². The molecule has 0 spiro atoms. The zero-order valence-electron chi connectivity index (χ0n) is 16.0. The third kappa shape index (κ3) is 3.18. The highest BCUT2D eigenvalue weighted by molar-refractivity contribution is 5.91. The molecule has 0 bridgehead atoms. The summed E-state index contributed by atoms with van der Waals surface area (Å²) < 4.78 is 2.82. The fourth-order valence-corrected chi connectivity index (χ4v) is 3.96. The van der Waals surface area contributed by atoms with Gasteiger partial charge >= 0.3 is 5.69 Å². The van der Waals surface area contributed by atoms with Crippen LogP contribution in [0.25, 0.3) is 16.6 Å². The van der Waals surface area contributed by atoms with Gasteiger partial charge in [0.25, 0.3) is 0 Å². The first-order valence-electron chi connectivity index (χ1n) is 9.89. The number of fused-ring (bicyclic) bond motifs is 3. The molecule has 4 aromatic rings. The lowest BCUT2D eigenvalue weighted by Gasteiger charge is -2.14. The number of carbonyl (C=O) groups is 1. The van der Waals surface area contributed by atoms with Crippen molar-refractivity contribution >= 4 is 22.5 Å². The van der Waals surface area contributed by atoms with Crippen LogP contribution in [0.2, 0.25) is 0 Å². The Balaban J connectivity index is 1.64. The normalized spacial score (nSPS) is 14.1. The Morgan fingerprint density at radius 1 is 0.966 bits per heavy atom. The van der Waals surface area contributed by atoms with Gasteiger partial charge in [0.05, 0.1) is 5.52 Å². The second-order valence-electron chi connectivity index (χ2n) is 7.39. The van der Waals surface area contributed by atoms with Crippen molar-refractivity contribution in [3.63, 3.8) is 0 Å². The third-order valence-corrected chi connectivity index (χ3v) is 5.44. The Morgan fingerprint density at radius 3 is 2.48 bits per heavy atom. The molecular formula is C22H21N5O2. The van der Waals surface area contributed by atoms with E-state index in [4.69, 9.17) is 4.98 Å². The predicted octanol–water partition coefficient (Wildman–Crippen LogP) is 2.26. The number of hydrogen-bond donors (Lipinski definition) is 0. The summed E-state index contributed by atoms with van der Waals surface area (Å²) in [7, 11) is 0. The van der Waals surface area contributed by atoms with Crippen molar-refractivity contribution in [1.82, 2.24) is 24.1 Å². The molecule has 3 heterocycles. The maximum absolute atomic E-state index is 13.2. The van der Waals surface area contributed by atoms with Gasteiger partial charge in [-0.25, -0.2) is 18.9 Å². The van der Waals surface area contributed by atoms with Crippen molar-refractivity contribution in [2.45, 2.75) is 25.8 Å². The van der Waals surface area contributed by atoms with Crippen LogP contribution in [0.5, 0.6) is 0 Å². The molecule has 0 saturated carbocycles. The van der Waals surface area contributed by atoms with Gasteiger partial charge in [0.15, 0.2) is 5.65 Å².